The van der Waals surface area contributed by atoms with Crippen molar-refractivity contribution < 1.29 is 0 Å². The second kappa shape index (κ2) is 8.65. The van der Waals surface area contributed by atoms with E-state index in [1.807, 2.05) is 18.2 Å². The van der Waals surface area contributed by atoms with Crippen LogP contribution in [0.5, 0.6) is 0 Å². The third-order valence-corrected chi connectivity index (χ3v) is 10.2. The highest BCUT2D eigenvalue weighted by molar-refractivity contribution is 7.72. The van der Waals surface area contributed by atoms with Crippen LogP contribution in [0.25, 0.3) is 38.1 Å². The molecule has 6 aromatic carbocycles. The maximum absolute atomic E-state index is 14.4. The van der Waals surface area contributed by atoms with Gasteiger partial charge in [0.2, 0.25) is 6.71 Å². The molecule has 0 radical (unpaired) electrons. The Kier molecular flexibility index (Phi) is 4.76. The van der Waals surface area contributed by atoms with E-state index < -0.39 is 0 Å². The van der Waals surface area contributed by atoms with E-state index >= 15 is 0 Å². The van der Waals surface area contributed by atoms with Gasteiger partial charge in [-0.1, -0.05) is 103 Å². The van der Waals surface area contributed by atoms with Crippen LogP contribution in [0, 0.1) is 4.51 Å². The van der Waals surface area contributed by atoms with Crippen LogP contribution >= 0.6 is 12.2 Å². The average molecular weight is 579 g/mol. The molecular formula is C39H23BN2OS. The molecule has 0 saturated heterocycles. The van der Waals surface area contributed by atoms with Gasteiger partial charge in [0.15, 0.2) is 5.43 Å². The molecule has 0 aliphatic carbocycles. The van der Waals surface area contributed by atoms with Crippen molar-refractivity contribution in [2.24, 2.45) is 0 Å². The lowest BCUT2D eigenvalue weighted by Crippen LogP contribution is -2.61. The monoisotopic (exact) mass is 578 g/mol. The third-order valence-electron chi connectivity index (χ3n) is 9.78. The van der Waals surface area contributed by atoms with Crippen molar-refractivity contribution in [2.45, 2.75) is 6.42 Å². The van der Waals surface area contributed by atoms with Crippen LogP contribution in [-0.4, -0.2) is 11.1 Å². The Labute approximate surface area is 258 Å². The molecule has 204 valence electrons. The summed E-state index contributed by atoms with van der Waals surface area (Å²) in [7, 11) is 0. The molecule has 5 heteroatoms. The van der Waals surface area contributed by atoms with E-state index in [1.54, 1.807) is 0 Å². The second-order valence-corrected chi connectivity index (χ2v) is 12.4. The molecule has 2 aliphatic heterocycles. The van der Waals surface area contributed by atoms with Crippen LogP contribution in [0.4, 0.5) is 17.1 Å². The zero-order chi connectivity index (χ0) is 29.1. The number of hydrogen-bond donors (Lipinski definition) is 0. The molecule has 44 heavy (non-hydrogen) atoms. The first-order valence-corrected chi connectivity index (χ1v) is 15.4. The summed E-state index contributed by atoms with van der Waals surface area (Å²) in [6, 6.07) is 44.8. The van der Waals surface area contributed by atoms with Gasteiger partial charge in [0.1, 0.15) is 0 Å². The zero-order valence-electron chi connectivity index (χ0n) is 23.6. The normalized spacial score (nSPS) is 13.5. The van der Waals surface area contributed by atoms with E-state index in [1.165, 1.54) is 38.9 Å². The molecular weight excluding hydrogens is 555 g/mol. The fraction of sp³-hybridized carbons (Fsp3) is 0.0256. The fourth-order valence-electron chi connectivity index (χ4n) is 8.00. The molecule has 0 unspecified atom stereocenters. The summed E-state index contributed by atoms with van der Waals surface area (Å²) in [5.41, 5.74) is 12.9. The summed E-state index contributed by atoms with van der Waals surface area (Å²) in [4.78, 5) is 16.8. The number of anilines is 3. The van der Waals surface area contributed by atoms with Gasteiger partial charge in [-0.05, 0) is 70.9 Å². The lowest BCUT2D eigenvalue weighted by atomic mass is 9.32. The van der Waals surface area contributed by atoms with Gasteiger partial charge >= 0.3 is 0 Å². The van der Waals surface area contributed by atoms with Crippen molar-refractivity contribution >= 4 is 90.5 Å². The maximum atomic E-state index is 14.4. The Hall–Kier alpha value is -5.26. The predicted molar refractivity (Wildman–Crippen MR) is 187 cm³/mol. The van der Waals surface area contributed by atoms with Crippen molar-refractivity contribution in [3.8, 4) is 0 Å². The number of aromatic nitrogens is 1. The van der Waals surface area contributed by atoms with Crippen LogP contribution in [0.1, 0.15) is 11.1 Å². The number of fused-ring (bicyclic) bond motifs is 8. The molecule has 0 atom stereocenters. The molecule has 10 rings (SSSR count). The van der Waals surface area contributed by atoms with Gasteiger partial charge in [-0.25, -0.2) is 0 Å². The Morgan fingerprint density at radius 2 is 1.32 bits per heavy atom. The van der Waals surface area contributed by atoms with E-state index in [0.717, 1.165) is 49.3 Å². The molecule has 2 aromatic heterocycles. The summed E-state index contributed by atoms with van der Waals surface area (Å²) in [6.45, 7) is 0.0353. The van der Waals surface area contributed by atoms with Crippen molar-refractivity contribution in [1.82, 2.24) is 4.40 Å². The highest BCUT2D eigenvalue weighted by Crippen LogP contribution is 2.38. The van der Waals surface area contributed by atoms with Gasteiger partial charge in [-0.3, -0.25) is 4.79 Å². The van der Waals surface area contributed by atoms with Gasteiger partial charge in [0.25, 0.3) is 0 Å². The van der Waals surface area contributed by atoms with Gasteiger partial charge < -0.3 is 9.30 Å². The van der Waals surface area contributed by atoms with Crippen molar-refractivity contribution in [1.29, 1.82) is 0 Å². The minimum Gasteiger partial charge on any atom is -0.312 e. The standard InChI is InChI=1S/C39H23BN2OS/c43-38-27-14-9-15-28-37(27)42(32-17-6-4-13-26(32)39(28)44)35-21-24-20-23-10-8-19-34-36(23)40(31(24)22-29(35)38)30-16-5-7-18-33(30)41(34)25-11-2-1-3-12-25/h1-19,21-22H,20H2. The number of benzene rings is 6. The number of para-hydroxylation sites is 4. The van der Waals surface area contributed by atoms with Crippen LogP contribution in [0.2, 0.25) is 0 Å². The van der Waals surface area contributed by atoms with E-state index in [-0.39, 0.29) is 12.1 Å². The van der Waals surface area contributed by atoms with E-state index in [2.05, 4.69) is 118 Å². The quantitative estimate of drug-likeness (QED) is 0.0897. The van der Waals surface area contributed by atoms with Gasteiger partial charge in [0.05, 0.1) is 21.1 Å². The lowest BCUT2D eigenvalue weighted by Gasteiger charge is -2.40. The van der Waals surface area contributed by atoms with Crippen molar-refractivity contribution in [2.75, 3.05) is 4.90 Å². The van der Waals surface area contributed by atoms with Gasteiger partial charge in [-0.2, -0.15) is 0 Å². The summed E-state index contributed by atoms with van der Waals surface area (Å²) in [6.07, 6.45) is 0.809. The molecule has 0 saturated carbocycles. The molecule has 0 amide bonds. The summed E-state index contributed by atoms with van der Waals surface area (Å²) < 4.78 is 3.08. The lowest BCUT2D eigenvalue weighted by molar-refractivity contribution is 1.18. The van der Waals surface area contributed by atoms with E-state index in [0.29, 0.717) is 5.39 Å². The minimum atomic E-state index is 0.0353. The number of rotatable bonds is 1. The SMILES string of the molecule is O=c1c2cc3c(cc2n2c4ccccc4c(=S)c4cccc1c42)Cc1cccc2c1B3c1ccccc1N2c1ccccc1. The topological polar surface area (TPSA) is 24.7 Å². The fourth-order valence-corrected chi connectivity index (χ4v) is 8.33. The summed E-state index contributed by atoms with van der Waals surface area (Å²) >= 11 is 5.97. The van der Waals surface area contributed by atoms with Crippen molar-refractivity contribution in [3.63, 3.8) is 0 Å². The van der Waals surface area contributed by atoms with Crippen LogP contribution in [-0.2, 0) is 6.42 Å². The zero-order valence-corrected chi connectivity index (χ0v) is 24.4. The van der Waals surface area contributed by atoms with Crippen LogP contribution in [0.3, 0.4) is 0 Å². The molecule has 3 nitrogen and oxygen atoms in total. The highest BCUT2D eigenvalue weighted by Gasteiger charge is 2.40. The molecule has 4 heterocycles. The molecule has 0 fully saturated rings. The van der Waals surface area contributed by atoms with Gasteiger partial charge in [0, 0.05) is 38.6 Å². The second-order valence-electron chi connectivity index (χ2n) is 12.0. The third kappa shape index (κ3) is 3.02. The smallest absolute Gasteiger partial charge is 0.247 e. The Morgan fingerprint density at radius 1 is 0.591 bits per heavy atom. The average Bonchev–Trinajstić information content (AvgIpc) is 3.07. The molecule has 0 bridgehead atoms. The van der Waals surface area contributed by atoms with Crippen LogP contribution < -0.4 is 26.7 Å². The maximum Gasteiger partial charge on any atom is 0.247 e. The molecule has 0 spiro atoms. The molecule has 2 aliphatic rings. The highest BCUT2D eigenvalue weighted by atomic mass is 32.1. The Balaban J connectivity index is 1.34. The number of hydrogen-bond acceptors (Lipinski definition) is 3. The minimum absolute atomic E-state index is 0.0353. The number of pyridine rings is 2. The Morgan fingerprint density at radius 3 is 2.23 bits per heavy atom. The van der Waals surface area contributed by atoms with E-state index in [9.17, 15) is 4.79 Å². The van der Waals surface area contributed by atoms with Gasteiger partial charge in [-0.15, -0.1) is 0 Å². The number of nitrogens with zero attached hydrogens (tertiary/aromatic N) is 2. The molecule has 0 N–H and O–H groups in total. The first-order chi connectivity index (χ1) is 21.7. The molecule has 8 aromatic rings. The van der Waals surface area contributed by atoms with Crippen molar-refractivity contribution in [3.05, 3.63) is 153 Å². The Bertz CT molecular complexity index is 2650. The predicted octanol–water partition coefficient (Wildman–Crippen LogP) is 7.13. The summed E-state index contributed by atoms with van der Waals surface area (Å²) in [5.74, 6) is 0. The first kappa shape index (κ1) is 24.2. The summed E-state index contributed by atoms with van der Waals surface area (Å²) in [5, 5.41) is 3.44. The van der Waals surface area contributed by atoms with E-state index in [4.69, 9.17) is 12.2 Å². The van der Waals surface area contributed by atoms with Crippen LogP contribution in [0.15, 0.2) is 132 Å². The largest absolute Gasteiger partial charge is 0.312 e. The first-order valence-electron chi connectivity index (χ1n) is 15.0.